The van der Waals surface area contributed by atoms with Gasteiger partial charge in [0, 0.05) is 12.9 Å². The largest absolute Gasteiger partial charge is 0.335 e. The van der Waals surface area contributed by atoms with Gasteiger partial charge < -0.3 is 4.90 Å². The minimum Gasteiger partial charge on any atom is -0.335 e. The van der Waals surface area contributed by atoms with Gasteiger partial charge in [0.25, 0.3) is 5.56 Å². The number of fused-ring (bicyclic) bond motifs is 1. The standard InChI is InChI=1S/C24H28ClN3O2/c1-15-11-12-20(16(2)13-15)28-21(17(3)27(6)23(30)24(4,5)14-25)26-19-10-8-7-9-18(19)22(28)29/h7-13,17H,14H2,1-6H3. The summed E-state index contributed by atoms with van der Waals surface area (Å²) in [4.78, 5) is 33.0. The monoisotopic (exact) mass is 425 g/mol. The van der Waals surface area contributed by atoms with Crippen LogP contribution in [0.4, 0.5) is 0 Å². The second-order valence-corrected chi connectivity index (χ2v) is 8.79. The molecule has 0 saturated carbocycles. The molecule has 5 nitrogen and oxygen atoms in total. The molecule has 0 aliphatic rings. The van der Waals surface area contributed by atoms with E-state index in [1.807, 2.05) is 71.0 Å². The smallest absolute Gasteiger partial charge is 0.266 e. The number of rotatable bonds is 5. The predicted octanol–water partition coefficient (Wildman–Crippen LogP) is 4.79. The quantitative estimate of drug-likeness (QED) is 0.552. The van der Waals surface area contributed by atoms with Crippen molar-refractivity contribution in [3.05, 3.63) is 69.8 Å². The highest BCUT2D eigenvalue weighted by molar-refractivity contribution is 6.19. The van der Waals surface area contributed by atoms with Crippen LogP contribution in [-0.2, 0) is 4.79 Å². The van der Waals surface area contributed by atoms with Gasteiger partial charge in [-0.15, -0.1) is 11.6 Å². The first-order valence-corrected chi connectivity index (χ1v) is 10.5. The first-order valence-electron chi connectivity index (χ1n) is 10.0. The van der Waals surface area contributed by atoms with E-state index >= 15 is 0 Å². The van der Waals surface area contributed by atoms with Gasteiger partial charge in [-0.2, -0.15) is 0 Å². The fourth-order valence-corrected chi connectivity index (χ4v) is 3.72. The first kappa shape index (κ1) is 22.0. The van der Waals surface area contributed by atoms with Crippen molar-refractivity contribution in [3.63, 3.8) is 0 Å². The van der Waals surface area contributed by atoms with Gasteiger partial charge in [0.05, 0.1) is 28.0 Å². The van der Waals surface area contributed by atoms with Crippen molar-refractivity contribution in [2.45, 2.75) is 40.7 Å². The molecule has 0 aliphatic carbocycles. The van der Waals surface area contributed by atoms with E-state index in [2.05, 4.69) is 0 Å². The summed E-state index contributed by atoms with van der Waals surface area (Å²) in [7, 11) is 1.73. The Kier molecular flexibility index (Phi) is 6.04. The summed E-state index contributed by atoms with van der Waals surface area (Å²) >= 11 is 6.03. The average Bonchev–Trinajstić information content (AvgIpc) is 2.72. The lowest BCUT2D eigenvalue weighted by Gasteiger charge is -2.33. The van der Waals surface area contributed by atoms with E-state index in [0.29, 0.717) is 16.7 Å². The molecule has 0 N–H and O–H groups in total. The molecule has 0 saturated heterocycles. The fraction of sp³-hybridized carbons (Fsp3) is 0.375. The molecule has 1 unspecified atom stereocenters. The van der Waals surface area contributed by atoms with Crippen LogP contribution >= 0.6 is 11.6 Å². The predicted molar refractivity (Wildman–Crippen MR) is 123 cm³/mol. The van der Waals surface area contributed by atoms with Crippen LogP contribution in [0.2, 0.25) is 0 Å². The summed E-state index contributed by atoms with van der Waals surface area (Å²) in [5.74, 6) is 0.629. The Balaban J connectivity index is 2.28. The highest BCUT2D eigenvalue weighted by Gasteiger charge is 2.33. The number of amides is 1. The number of halogens is 1. The molecule has 158 valence electrons. The second kappa shape index (κ2) is 8.23. The van der Waals surface area contributed by atoms with Crippen LogP contribution < -0.4 is 5.56 Å². The van der Waals surface area contributed by atoms with Gasteiger partial charge in [-0.3, -0.25) is 14.2 Å². The lowest BCUT2D eigenvalue weighted by atomic mass is 9.94. The Hall–Kier alpha value is -2.66. The summed E-state index contributed by atoms with van der Waals surface area (Å²) in [5, 5.41) is 0.545. The minimum atomic E-state index is -0.716. The second-order valence-electron chi connectivity index (χ2n) is 8.53. The van der Waals surface area contributed by atoms with E-state index in [1.54, 1.807) is 22.6 Å². The molecule has 6 heteroatoms. The Labute approximate surface area is 182 Å². The van der Waals surface area contributed by atoms with E-state index < -0.39 is 11.5 Å². The van der Waals surface area contributed by atoms with Crippen molar-refractivity contribution in [2.75, 3.05) is 12.9 Å². The zero-order chi connectivity index (χ0) is 22.2. The third-order valence-corrected chi connectivity index (χ3v) is 6.25. The molecule has 1 atom stereocenters. The number of carbonyl (C=O) groups is 1. The summed E-state index contributed by atoms with van der Waals surface area (Å²) < 4.78 is 1.64. The zero-order valence-corrected chi connectivity index (χ0v) is 19.1. The maximum atomic E-state index is 13.5. The third-order valence-electron chi connectivity index (χ3n) is 5.58. The van der Waals surface area contributed by atoms with Crippen LogP contribution in [0.1, 0.15) is 43.8 Å². The first-order chi connectivity index (χ1) is 14.1. The molecule has 2 aromatic carbocycles. The molecule has 3 rings (SSSR count). The van der Waals surface area contributed by atoms with Gasteiger partial charge in [-0.1, -0.05) is 29.8 Å². The van der Waals surface area contributed by atoms with Crippen LogP contribution in [0.5, 0.6) is 0 Å². The lowest BCUT2D eigenvalue weighted by Crippen LogP contribution is -2.42. The Morgan fingerprint density at radius 2 is 1.87 bits per heavy atom. The number of aromatic nitrogens is 2. The van der Waals surface area contributed by atoms with E-state index in [-0.39, 0.29) is 17.3 Å². The van der Waals surface area contributed by atoms with Crippen molar-refractivity contribution < 1.29 is 4.79 Å². The molecule has 30 heavy (non-hydrogen) atoms. The molecule has 1 amide bonds. The highest BCUT2D eigenvalue weighted by atomic mass is 35.5. The van der Waals surface area contributed by atoms with Gasteiger partial charge in [0.1, 0.15) is 5.82 Å². The van der Waals surface area contributed by atoms with E-state index in [0.717, 1.165) is 16.8 Å². The maximum absolute atomic E-state index is 13.5. The highest BCUT2D eigenvalue weighted by Crippen LogP contribution is 2.28. The maximum Gasteiger partial charge on any atom is 0.266 e. The summed E-state index contributed by atoms with van der Waals surface area (Å²) in [6, 6.07) is 12.8. The molecular weight excluding hydrogens is 398 g/mol. The van der Waals surface area contributed by atoms with Gasteiger partial charge in [-0.25, -0.2) is 4.98 Å². The van der Waals surface area contributed by atoms with E-state index in [4.69, 9.17) is 16.6 Å². The number of para-hydroxylation sites is 1. The average molecular weight is 426 g/mol. The molecule has 0 radical (unpaired) electrons. The fourth-order valence-electron chi connectivity index (χ4n) is 3.60. The Morgan fingerprint density at radius 3 is 2.50 bits per heavy atom. The van der Waals surface area contributed by atoms with Crippen molar-refractivity contribution in [3.8, 4) is 5.69 Å². The van der Waals surface area contributed by atoms with E-state index in [1.165, 1.54) is 0 Å². The molecule has 0 aliphatic heterocycles. The lowest BCUT2D eigenvalue weighted by molar-refractivity contribution is -0.140. The van der Waals surface area contributed by atoms with Crippen molar-refractivity contribution in [1.29, 1.82) is 0 Å². The molecular formula is C24H28ClN3O2. The van der Waals surface area contributed by atoms with Gasteiger partial charge in [-0.05, 0) is 58.4 Å². The molecule has 0 spiro atoms. The number of hydrogen-bond donors (Lipinski definition) is 0. The van der Waals surface area contributed by atoms with Gasteiger partial charge >= 0.3 is 0 Å². The van der Waals surface area contributed by atoms with Gasteiger partial charge in [0.15, 0.2) is 0 Å². The normalized spacial score (nSPS) is 12.8. The van der Waals surface area contributed by atoms with Crippen LogP contribution in [0.3, 0.4) is 0 Å². The number of hydrogen-bond acceptors (Lipinski definition) is 3. The Morgan fingerprint density at radius 1 is 1.20 bits per heavy atom. The Bertz CT molecular complexity index is 1170. The summed E-state index contributed by atoms with van der Waals surface area (Å²) in [6.07, 6.45) is 0. The molecule has 3 aromatic rings. The van der Waals surface area contributed by atoms with Crippen molar-refractivity contribution in [1.82, 2.24) is 14.5 Å². The topological polar surface area (TPSA) is 55.2 Å². The minimum absolute atomic E-state index is 0.0976. The van der Waals surface area contributed by atoms with Crippen molar-refractivity contribution >= 4 is 28.4 Å². The number of alkyl halides is 1. The van der Waals surface area contributed by atoms with Gasteiger partial charge in [0.2, 0.25) is 5.91 Å². The number of benzene rings is 2. The van der Waals surface area contributed by atoms with Crippen LogP contribution in [0.25, 0.3) is 16.6 Å². The molecule has 0 fully saturated rings. The summed E-state index contributed by atoms with van der Waals surface area (Å²) in [5.41, 5.74) is 2.60. The van der Waals surface area contributed by atoms with Crippen molar-refractivity contribution in [2.24, 2.45) is 5.41 Å². The third kappa shape index (κ3) is 3.86. The number of carbonyl (C=O) groups excluding carboxylic acids is 1. The number of nitrogens with zero attached hydrogens (tertiary/aromatic N) is 3. The number of aryl methyl sites for hydroxylation is 2. The molecule has 1 aromatic heterocycles. The van der Waals surface area contributed by atoms with Crippen LogP contribution in [0, 0.1) is 19.3 Å². The SMILES string of the molecule is Cc1ccc(-n2c(C(C)N(C)C(=O)C(C)(C)CCl)nc3ccccc3c2=O)c(C)c1. The molecule has 1 heterocycles. The summed E-state index contributed by atoms with van der Waals surface area (Å²) in [6.45, 7) is 9.51. The van der Waals surface area contributed by atoms with Crippen LogP contribution in [0.15, 0.2) is 47.3 Å². The van der Waals surface area contributed by atoms with E-state index in [9.17, 15) is 9.59 Å². The molecule has 0 bridgehead atoms. The zero-order valence-electron chi connectivity index (χ0n) is 18.4. The van der Waals surface area contributed by atoms with Crippen LogP contribution in [-0.4, -0.2) is 33.3 Å².